The van der Waals surface area contributed by atoms with Crippen molar-refractivity contribution >= 4 is 0 Å². The van der Waals surface area contributed by atoms with Gasteiger partial charge in [-0.2, -0.15) is 0 Å². The highest BCUT2D eigenvalue weighted by molar-refractivity contribution is 5.53. The van der Waals surface area contributed by atoms with Gasteiger partial charge in [-0.15, -0.1) is 0 Å². The molecular weight excluding hydrogens is 504 g/mol. The minimum absolute atomic E-state index is 0.0112. The average Bonchev–Trinajstić information content (AvgIpc) is 3.72. The smallest absolute Gasteiger partial charge is 0.231 e. The molecule has 7 rings (SSSR count). The van der Waals surface area contributed by atoms with E-state index in [1.165, 1.54) is 0 Å². The number of aliphatic hydroxyl groups excluding tert-OH is 4. The van der Waals surface area contributed by atoms with Crippen LogP contribution >= 0.6 is 0 Å². The predicted octanol–water partition coefficient (Wildman–Crippen LogP) is 0.398. The van der Waals surface area contributed by atoms with Crippen molar-refractivity contribution in [3.05, 3.63) is 41.5 Å². The van der Waals surface area contributed by atoms with E-state index >= 15 is 0 Å². The maximum absolute atomic E-state index is 10.5. The van der Waals surface area contributed by atoms with Crippen molar-refractivity contribution in [2.75, 3.05) is 33.4 Å². The lowest BCUT2D eigenvalue weighted by Gasteiger charge is -2.40. The molecule has 0 aliphatic carbocycles. The summed E-state index contributed by atoms with van der Waals surface area (Å²) in [6.07, 6.45) is -7.70. The van der Waals surface area contributed by atoms with Gasteiger partial charge < -0.3 is 58.3 Å². The quantitative estimate of drug-likeness (QED) is 0.421. The Morgan fingerprint density at radius 1 is 0.737 bits per heavy atom. The number of benzene rings is 2. The Morgan fingerprint density at radius 3 is 2.16 bits per heavy atom. The summed E-state index contributed by atoms with van der Waals surface area (Å²) in [5.41, 5.74) is 1.63. The fraction of sp³-hybridized carbons (Fsp3) is 0.538. The zero-order valence-electron chi connectivity index (χ0n) is 20.2. The van der Waals surface area contributed by atoms with Crippen molar-refractivity contribution in [2.24, 2.45) is 11.8 Å². The summed E-state index contributed by atoms with van der Waals surface area (Å²) in [5, 5.41) is 40.5. The molecule has 0 radical (unpaired) electrons. The minimum atomic E-state index is -1.57. The van der Waals surface area contributed by atoms with Gasteiger partial charge in [0.15, 0.2) is 23.0 Å². The first-order valence-electron chi connectivity index (χ1n) is 12.6. The molecule has 38 heavy (non-hydrogen) atoms. The summed E-state index contributed by atoms with van der Waals surface area (Å²) in [6.45, 7) is 0.575. The Bertz CT molecular complexity index is 1200. The Hall–Kier alpha value is -2.84. The Kier molecular flexibility index (Phi) is 6.00. The standard InChI is InChI=1S/C26H28O12/c27-6-20-21(28)22(29)23(30)26(38-20)37-16-5-19-18(35-10-36-19)4-12(16)25-14-8-31-24(13(14)7-32-25)11-1-2-15-17(3-11)34-9-33-15/h1-5,13-14,20-30H,6-10H2/t13-,14-,20+,21+,22-,23+,24+,25-,26+/m0/s1. The van der Waals surface area contributed by atoms with Gasteiger partial charge in [-0.1, -0.05) is 6.07 Å². The second kappa shape index (κ2) is 9.42. The summed E-state index contributed by atoms with van der Waals surface area (Å²) in [5.74, 6) is 2.73. The first-order chi connectivity index (χ1) is 18.5. The zero-order valence-corrected chi connectivity index (χ0v) is 20.2. The van der Waals surface area contributed by atoms with Crippen LogP contribution in [0.4, 0.5) is 0 Å². The number of fused-ring (bicyclic) bond motifs is 3. The second-order valence-electron chi connectivity index (χ2n) is 10.0. The van der Waals surface area contributed by atoms with Crippen molar-refractivity contribution in [3.8, 4) is 28.7 Å². The van der Waals surface area contributed by atoms with Gasteiger partial charge in [0.05, 0.1) is 32.0 Å². The molecule has 5 aliphatic heterocycles. The maximum atomic E-state index is 10.5. The van der Waals surface area contributed by atoms with Gasteiger partial charge in [0, 0.05) is 23.5 Å². The molecular formula is C26H28O12. The fourth-order valence-electron chi connectivity index (χ4n) is 5.86. The van der Waals surface area contributed by atoms with Crippen molar-refractivity contribution in [2.45, 2.75) is 42.9 Å². The third-order valence-electron chi connectivity index (χ3n) is 7.89. The fourth-order valence-corrected chi connectivity index (χ4v) is 5.86. The summed E-state index contributed by atoms with van der Waals surface area (Å²) in [7, 11) is 0. The molecule has 5 heterocycles. The van der Waals surface area contributed by atoms with E-state index in [9.17, 15) is 20.4 Å². The van der Waals surface area contributed by atoms with Crippen LogP contribution in [0.25, 0.3) is 0 Å². The molecule has 12 heteroatoms. The second-order valence-corrected chi connectivity index (χ2v) is 10.0. The average molecular weight is 532 g/mol. The van der Waals surface area contributed by atoms with Crippen molar-refractivity contribution in [1.82, 2.24) is 0 Å². The van der Waals surface area contributed by atoms with Gasteiger partial charge in [0.1, 0.15) is 30.2 Å². The van der Waals surface area contributed by atoms with Gasteiger partial charge in [-0.3, -0.25) is 0 Å². The highest BCUT2D eigenvalue weighted by Gasteiger charge is 2.50. The van der Waals surface area contributed by atoms with Crippen molar-refractivity contribution in [1.29, 1.82) is 0 Å². The number of ether oxygens (including phenoxy) is 8. The van der Waals surface area contributed by atoms with Crippen LogP contribution in [0.5, 0.6) is 28.7 Å². The van der Waals surface area contributed by atoms with Crippen LogP contribution in [0, 0.1) is 11.8 Å². The number of aliphatic hydroxyl groups is 4. The SMILES string of the molecule is OC[C@H]1O[C@@H](Oc2cc3c(cc2[C@@H]2OC[C@H]4[C@@H]2CO[C@@H]4c2ccc4c(c2)OCO4)OCO3)[C@H](O)[C@@H](O)[C@@H]1O. The number of hydrogen-bond donors (Lipinski definition) is 4. The maximum Gasteiger partial charge on any atom is 0.231 e. The van der Waals surface area contributed by atoms with Crippen LogP contribution < -0.4 is 23.7 Å². The third-order valence-corrected chi connectivity index (χ3v) is 7.89. The van der Waals surface area contributed by atoms with Gasteiger partial charge in [0.25, 0.3) is 0 Å². The molecule has 0 spiro atoms. The normalized spacial score (nSPS) is 36.9. The van der Waals surface area contributed by atoms with Crippen molar-refractivity contribution in [3.63, 3.8) is 0 Å². The van der Waals surface area contributed by atoms with Crippen LogP contribution in [0.2, 0.25) is 0 Å². The van der Waals surface area contributed by atoms with Gasteiger partial charge in [-0.25, -0.2) is 0 Å². The molecule has 0 aromatic heterocycles. The third kappa shape index (κ3) is 3.87. The molecule has 2 aromatic carbocycles. The van der Waals surface area contributed by atoms with E-state index in [1.54, 1.807) is 12.1 Å². The Balaban J connectivity index is 1.17. The molecule has 0 bridgehead atoms. The first-order valence-corrected chi connectivity index (χ1v) is 12.6. The van der Waals surface area contributed by atoms with E-state index < -0.39 is 43.4 Å². The van der Waals surface area contributed by atoms with E-state index in [0.717, 1.165) is 5.56 Å². The van der Waals surface area contributed by atoms with Crippen LogP contribution in [0.1, 0.15) is 23.3 Å². The molecule has 5 aliphatic rings. The highest BCUT2D eigenvalue weighted by Crippen LogP contribution is 2.54. The zero-order chi connectivity index (χ0) is 26.0. The number of rotatable bonds is 5. The molecule has 204 valence electrons. The van der Waals surface area contributed by atoms with E-state index in [2.05, 4.69) is 0 Å². The molecule has 0 unspecified atom stereocenters. The lowest BCUT2D eigenvalue weighted by molar-refractivity contribution is -0.277. The van der Waals surface area contributed by atoms with Crippen LogP contribution in [0.15, 0.2) is 30.3 Å². The monoisotopic (exact) mass is 532 g/mol. The molecule has 3 saturated heterocycles. The lowest BCUT2D eigenvalue weighted by Crippen LogP contribution is -2.60. The highest BCUT2D eigenvalue weighted by atomic mass is 16.7. The number of hydrogen-bond acceptors (Lipinski definition) is 12. The topological polar surface area (TPSA) is 155 Å². The van der Waals surface area contributed by atoms with Gasteiger partial charge >= 0.3 is 0 Å². The van der Waals surface area contributed by atoms with E-state index in [-0.39, 0.29) is 31.5 Å². The molecule has 9 atom stereocenters. The minimum Gasteiger partial charge on any atom is -0.461 e. The predicted molar refractivity (Wildman–Crippen MR) is 124 cm³/mol. The lowest BCUT2D eigenvalue weighted by atomic mass is 9.84. The van der Waals surface area contributed by atoms with E-state index in [4.69, 9.17) is 37.9 Å². The van der Waals surface area contributed by atoms with Crippen molar-refractivity contribution < 1.29 is 58.3 Å². The van der Waals surface area contributed by atoms with Crippen LogP contribution in [0.3, 0.4) is 0 Å². The molecule has 3 fully saturated rings. The molecule has 0 saturated carbocycles. The Morgan fingerprint density at radius 2 is 1.39 bits per heavy atom. The molecule has 4 N–H and O–H groups in total. The molecule has 2 aromatic rings. The van der Waals surface area contributed by atoms with Gasteiger partial charge in [0.2, 0.25) is 19.9 Å². The Labute approximate surface area is 217 Å². The van der Waals surface area contributed by atoms with E-state index in [1.807, 2.05) is 18.2 Å². The van der Waals surface area contributed by atoms with Crippen LogP contribution in [-0.2, 0) is 14.2 Å². The van der Waals surface area contributed by atoms with Gasteiger partial charge in [-0.05, 0) is 23.8 Å². The molecule has 12 nitrogen and oxygen atoms in total. The summed E-state index contributed by atoms with van der Waals surface area (Å²) >= 11 is 0. The molecule has 0 amide bonds. The first kappa shape index (κ1) is 24.2. The summed E-state index contributed by atoms with van der Waals surface area (Å²) in [4.78, 5) is 0. The van der Waals surface area contributed by atoms with E-state index in [0.29, 0.717) is 47.5 Å². The summed E-state index contributed by atoms with van der Waals surface area (Å²) < 4.78 is 46.3. The van der Waals surface area contributed by atoms with Crippen LogP contribution in [-0.4, -0.2) is 84.5 Å². The largest absolute Gasteiger partial charge is 0.461 e. The summed E-state index contributed by atoms with van der Waals surface area (Å²) in [6, 6.07) is 9.20.